The molecule has 1 aliphatic carbocycles. The van der Waals surface area contributed by atoms with Gasteiger partial charge in [0.15, 0.2) is 5.69 Å². The molecule has 0 radical (unpaired) electrons. The van der Waals surface area contributed by atoms with E-state index < -0.39 is 5.97 Å². The molecule has 0 atom stereocenters. The second-order valence-corrected chi connectivity index (χ2v) is 5.04. The zero-order valence-corrected chi connectivity index (χ0v) is 11.1. The van der Waals surface area contributed by atoms with Gasteiger partial charge >= 0.3 is 5.97 Å². The normalized spacial score (nSPS) is 14.9. The Morgan fingerprint density at radius 3 is 2.89 bits per heavy atom. The topological polar surface area (TPSA) is 63.8 Å². The van der Waals surface area contributed by atoms with Gasteiger partial charge in [-0.3, -0.25) is 0 Å². The van der Waals surface area contributed by atoms with Crippen molar-refractivity contribution in [2.24, 2.45) is 0 Å². The molecule has 19 heavy (non-hydrogen) atoms. The molecular formula is C13H13ClN2O3. The summed E-state index contributed by atoms with van der Waals surface area (Å²) in [7, 11) is 1.28. The summed E-state index contributed by atoms with van der Waals surface area (Å²) in [5.74, 6) is -0.0478. The first-order chi connectivity index (χ1) is 9.15. The average Bonchev–Trinajstić information content (AvgIpc) is 3.22. The minimum atomic E-state index is -0.578. The lowest BCUT2D eigenvalue weighted by Gasteiger charge is -2.05. The van der Waals surface area contributed by atoms with Gasteiger partial charge in [-0.05, 0) is 36.5 Å². The fourth-order valence-corrected chi connectivity index (χ4v) is 2.45. The molecule has 2 aromatic heterocycles. The molecule has 6 heteroatoms. The molecule has 1 fully saturated rings. The zero-order valence-electron chi connectivity index (χ0n) is 10.4. The maximum atomic E-state index is 11.6. The van der Waals surface area contributed by atoms with E-state index in [1.807, 2.05) is 12.1 Å². The number of carbonyl (C=O) groups is 1. The lowest BCUT2D eigenvalue weighted by molar-refractivity contribution is 0.0593. The van der Waals surface area contributed by atoms with E-state index in [2.05, 4.69) is 9.84 Å². The Hall–Kier alpha value is -1.59. The van der Waals surface area contributed by atoms with Gasteiger partial charge in [0, 0.05) is 0 Å². The summed E-state index contributed by atoms with van der Waals surface area (Å²) in [6.45, 7) is -0.157. The van der Waals surface area contributed by atoms with Crippen LogP contribution in [0.15, 0.2) is 12.1 Å². The molecule has 3 rings (SSSR count). The van der Waals surface area contributed by atoms with Crippen LogP contribution in [0.4, 0.5) is 0 Å². The van der Waals surface area contributed by atoms with Crippen LogP contribution in [0.5, 0.6) is 0 Å². The zero-order chi connectivity index (χ0) is 13.6. The number of hydrogen-bond acceptors (Lipinski definition) is 4. The first-order valence-electron chi connectivity index (χ1n) is 6.06. The maximum Gasteiger partial charge on any atom is 0.360 e. The van der Waals surface area contributed by atoms with Gasteiger partial charge in [0.05, 0.1) is 24.9 Å². The number of carbonyl (C=O) groups excluding carboxylic acids is 1. The summed E-state index contributed by atoms with van der Waals surface area (Å²) in [5, 5.41) is 13.8. The average molecular weight is 281 g/mol. The van der Waals surface area contributed by atoms with Crippen molar-refractivity contribution in [2.75, 3.05) is 7.11 Å². The van der Waals surface area contributed by atoms with Gasteiger partial charge in [-0.25, -0.2) is 9.31 Å². The van der Waals surface area contributed by atoms with Gasteiger partial charge in [-0.2, -0.15) is 5.10 Å². The van der Waals surface area contributed by atoms with Crippen molar-refractivity contribution >= 4 is 23.1 Å². The quantitative estimate of drug-likeness (QED) is 0.875. The Bertz CT molecular complexity index is 661. The van der Waals surface area contributed by atoms with Gasteiger partial charge in [0.25, 0.3) is 0 Å². The second-order valence-electron chi connectivity index (χ2n) is 4.66. The number of aliphatic hydroxyl groups excluding tert-OH is 1. The number of fused-ring (bicyclic) bond motifs is 1. The fourth-order valence-electron chi connectivity index (χ4n) is 2.20. The number of pyridine rings is 1. The third kappa shape index (κ3) is 1.99. The van der Waals surface area contributed by atoms with Crippen LogP contribution in [0.3, 0.4) is 0 Å². The van der Waals surface area contributed by atoms with Crippen molar-refractivity contribution < 1.29 is 14.6 Å². The lowest BCUT2D eigenvalue weighted by atomic mass is 10.1. The smallest absolute Gasteiger partial charge is 0.360 e. The molecule has 1 N–H and O–H groups in total. The summed E-state index contributed by atoms with van der Waals surface area (Å²) in [4.78, 5) is 11.6. The first-order valence-corrected chi connectivity index (χ1v) is 6.43. The third-order valence-corrected chi connectivity index (χ3v) is 3.73. The van der Waals surface area contributed by atoms with Crippen molar-refractivity contribution in [3.63, 3.8) is 0 Å². The summed E-state index contributed by atoms with van der Waals surface area (Å²) in [6, 6.07) is 3.84. The van der Waals surface area contributed by atoms with Gasteiger partial charge in [-0.15, -0.1) is 0 Å². The first kappa shape index (κ1) is 12.4. The molecule has 100 valence electrons. The third-order valence-electron chi connectivity index (χ3n) is 3.36. The number of methoxy groups -OCH3 is 1. The van der Waals surface area contributed by atoms with Crippen molar-refractivity contribution in [3.05, 3.63) is 34.1 Å². The predicted molar refractivity (Wildman–Crippen MR) is 69.4 cm³/mol. The Morgan fingerprint density at radius 1 is 1.58 bits per heavy atom. The van der Waals surface area contributed by atoms with Crippen molar-refractivity contribution in [2.45, 2.75) is 25.4 Å². The predicted octanol–water partition coefficient (Wildman–Crippen LogP) is 2.14. The van der Waals surface area contributed by atoms with Crippen LogP contribution in [0.2, 0.25) is 5.02 Å². The highest BCUT2D eigenvalue weighted by atomic mass is 35.5. The minimum absolute atomic E-state index is 0.0758. The molecule has 0 aliphatic heterocycles. The largest absolute Gasteiger partial charge is 0.464 e. The lowest BCUT2D eigenvalue weighted by Crippen LogP contribution is -2.04. The number of nitrogens with zero attached hydrogens (tertiary/aromatic N) is 2. The van der Waals surface area contributed by atoms with Crippen molar-refractivity contribution in [1.82, 2.24) is 9.61 Å². The van der Waals surface area contributed by atoms with Gasteiger partial charge in [-0.1, -0.05) is 11.6 Å². The van der Waals surface area contributed by atoms with E-state index in [0.717, 1.165) is 18.4 Å². The second kappa shape index (κ2) is 4.51. The summed E-state index contributed by atoms with van der Waals surface area (Å²) in [6.07, 6.45) is 2.30. The van der Waals surface area contributed by atoms with E-state index in [1.54, 1.807) is 0 Å². The summed E-state index contributed by atoms with van der Waals surface area (Å²) >= 11 is 6.19. The molecule has 0 saturated heterocycles. The Kier molecular flexibility index (Phi) is 2.95. The molecule has 0 unspecified atom stereocenters. The van der Waals surface area contributed by atoms with Gasteiger partial charge < -0.3 is 9.84 Å². The minimum Gasteiger partial charge on any atom is -0.464 e. The van der Waals surface area contributed by atoms with Crippen LogP contribution in [-0.2, 0) is 11.3 Å². The van der Waals surface area contributed by atoms with E-state index in [0.29, 0.717) is 17.1 Å². The molecule has 1 saturated carbocycles. The maximum absolute atomic E-state index is 11.6. The number of aliphatic hydroxyl groups is 1. The molecule has 0 bridgehead atoms. The van der Waals surface area contributed by atoms with Gasteiger partial charge in [0.2, 0.25) is 0 Å². The molecule has 1 aliphatic rings. The number of ether oxygens (including phenoxy) is 1. The molecule has 0 aromatic carbocycles. The highest BCUT2D eigenvalue weighted by molar-refractivity contribution is 6.36. The highest BCUT2D eigenvalue weighted by Gasteiger charge is 2.27. The summed E-state index contributed by atoms with van der Waals surface area (Å²) in [5.41, 5.74) is 2.47. The number of hydrogen-bond donors (Lipinski definition) is 1. The number of halogens is 1. The molecule has 0 spiro atoms. The van der Waals surface area contributed by atoms with Crippen LogP contribution in [-0.4, -0.2) is 27.8 Å². The van der Waals surface area contributed by atoms with Gasteiger partial charge in [0.1, 0.15) is 5.02 Å². The Morgan fingerprint density at radius 2 is 2.32 bits per heavy atom. The molecular weight excluding hydrogens is 268 g/mol. The Balaban J connectivity index is 2.24. The molecule has 5 nitrogen and oxygen atoms in total. The van der Waals surface area contributed by atoms with Crippen LogP contribution >= 0.6 is 11.6 Å². The fraction of sp³-hybridized carbons (Fsp3) is 0.385. The van der Waals surface area contributed by atoms with E-state index in [4.69, 9.17) is 11.6 Å². The molecule has 0 amide bonds. The highest BCUT2D eigenvalue weighted by Crippen LogP contribution is 2.41. The van der Waals surface area contributed by atoms with E-state index >= 15 is 0 Å². The SMILES string of the molecule is COC(=O)c1nn2c(CO)cc(C3CC3)cc2c1Cl. The van der Waals surface area contributed by atoms with Crippen LogP contribution in [0, 0.1) is 0 Å². The monoisotopic (exact) mass is 280 g/mol. The van der Waals surface area contributed by atoms with Crippen LogP contribution in [0.25, 0.3) is 5.52 Å². The molecule has 2 aromatic rings. The van der Waals surface area contributed by atoms with E-state index in [-0.39, 0.29) is 17.3 Å². The number of esters is 1. The number of rotatable bonds is 3. The van der Waals surface area contributed by atoms with E-state index in [9.17, 15) is 9.90 Å². The Labute approximate surface area is 114 Å². The van der Waals surface area contributed by atoms with Crippen molar-refractivity contribution in [1.29, 1.82) is 0 Å². The van der Waals surface area contributed by atoms with Crippen LogP contribution in [0.1, 0.15) is 40.5 Å². The number of aromatic nitrogens is 2. The van der Waals surface area contributed by atoms with Crippen molar-refractivity contribution in [3.8, 4) is 0 Å². The van der Waals surface area contributed by atoms with Crippen LogP contribution < -0.4 is 0 Å². The standard InChI is InChI=1S/C13H13ClN2O3/c1-19-13(18)12-11(14)10-5-8(7-2-3-7)4-9(6-17)16(10)15-12/h4-5,7,17H,2-3,6H2,1H3. The molecule has 2 heterocycles. The van der Waals surface area contributed by atoms with E-state index in [1.165, 1.54) is 11.6 Å². The summed E-state index contributed by atoms with van der Waals surface area (Å²) < 4.78 is 6.15.